The van der Waals surface area contributed by atoms with Crippen molar-refractivity contribution < 1.29 is 9.59 Å². The van der Waals surface area contributed by atoms with Crippen molar-refractivity contribution >= 4 is 34.5 Å². The standard InChI is InChI=1S/C16H18N2O2S/c1-11(2)10-15(19)17-12-5-7-13(8-6-12)18-16(20)14-4-3-9-21-14/h3-9,11H,10H2,1-2H3,(H,17,19)(H,18,20). The molecule has 21 heavy (non-hydrogen) atoms. The zero-order valence-electron chi connectivity index (χ0n) is 12.1. The van der Waals surface area contributed by atoms with Crippen molar-refractivity contribution in [1.82, 2.24) is 0 Å². The lowest BCUT2D eigenvalue weighted by atomic mass is 10.1. The molecule has 110 valence electrons. The molecule has 0 aliphatic rings. The third-order valence-electron chi connectivity index (χ3n) is 2.77. The van der Waals surface area contributed by atoms with Gasteiger partial charge in [-0.2, -0.15) is 0 Å². The molecule has 1 heterocycles. The molecule has 2 N–H and O–H groups in total. The van der Waals surface area contributed by atoms with Gasteiger partial charge >= 0.3 is 0 Å². The number of benzene rings is 1. The van der Waals surface area contributed by atoms with E-state index in [1.54, 1.807) is 30.3 Å². The molecular weight excluding hydrogens is 284 g/mol. The maximum atomic E-state index is 11.9. The number of amides is 2. The Hall–Kier alpha value is -2.14. The summed E-state index contributed by atoms with van der Waals surface area (Å²) < 4.78 is 0. The van der Waals surface area contributed by atoms with E-state index in [0.717, 1.165) is 5.69 Å². The Morgan fingerprint density at radius 2 is 1.67 bits per heavy atom. The Balaban J connectivity index is 1.93. The van der Waals surface area contributed by atoms with Gasteiger partial charge in [-0.3, -0.25) is 9.59 Å². The molecule has 0 unspecified atom stereocenters. The van der Waals surface area contributed by atoms with Gasteiger partial charge in [-0.15, -0.1) is 11.3 Å². The van der Waals surface area contributed by atoms with Crippen LogP contribution in [0, 0.1) is 5.92 Å². The van der Waals surface area contributed by atoms with E-state index in [0.29, 0.717) is 22.9 Å². The van der Waals surface area contributed by atoms with Crippen LogP contribution in [0.25, 0.3) is 0 Å². The van der Waals surface area contributed by atoms with Crippen molar-refractivity contribution in [3.05, 3.63) is 46.7 Å². The van der Waals surface area contributed by atoms with Crippen molar-refractivity contribution in [3.63, 3.8) is 0 Å². The first-order valence-electron chi connectivity index (χ1n) is 6.79. The van der Waals surface area contributed by atoms with Gasteiger partial charge in [0.05, 0.1) is 4.88 Å². The summed E-state index contributed by atoms with van der Waals surface area (Å²) in [6.07, 6.45) is 0.497. The summed E-state index contributed by atoms with van der Waals surface area (Å²) >= 11 is 1.40. The van der Waals surface area contributed by atoms with E-state index in [2.05, 4.69) is 10.6 Å². The molecule has 0 fully saturated rings. The second kappa shape index (κ2) is 7.04. The summed E-state index contributed by atoms with van der Waals surface area (Å²) in [7, 11) is 0. The number of rotatable bonds is 5. The van der Waals surface area contributed by atoms with E-state index in [4.69, 9.17) is 0 Å². The van der Waals surface area contributed by atoms with Gasteiger partial charge in [0.2, 0.25) is 5.91 Å². The number of carbonyl (C=O) groups excluding carboxylic acids is 2. The van der Waals surface area contributed by atoms with Gasteiger partial charge in [0.1, 0.15) is 0 Å². The molecule has 2 amide bonds. The highest BCUT2D eigenvalue weighted by molar-refractivity contribution is 7.12. The molecule has 0 aliphatic heterocycles. The first-order chi connectivity index (χ1) is 10.0. The summed E-state index contributed by atoms with van der Waals surface area (Å²) in [5.41, 5.74) is 1.44. The lowest BCUT2D eigenvalue weighted by Gasteiger charge is -2.08. The first-order valence-corrected chi connectivity index (χ1v) is 7.67. The van der Waals surface area contributed by atoms with E-state index >= 15 is 0 Å². The molecule has 0 spiro atoms. The van der Waals surface area contributed by atoms with Crippen LogP contribution in [0.15, 0.2) is 41.8 Å². The molecule has 2 rings (SSSR count). The average Bonchev–Trinajstić information content (AvgIpc) is 2.94. The average molecular weight is 302 g/mol. The number of carbonyl (C=O) groups is 2. The summed E-state index contributed by atoms with van der Waals surface area (Å²) in [4.78, 5) is 24.2. The maximum Gasteiger partial charge on any atom is 0.265 e. The largest absolute Gasteiger partial charge is 0.326 e. The fraction of sp³-hybridized carbons (Fsp3) is 0.250. The van der Waals surface area contributed by atoms with Crippen molar-refractivity contribution in [2.45, 2.75) is 20.3 Å². The summed E-state index contributed by atoms with van der Waals surface area (Å²) in [6.45, 7) is 4.01. The van der Waals surface area contributed by atoms with Gasteiger partial charge in [0.25, 0.3) is 5.91 Å². The van der Waals surface area contributed by atoms with Gasteiger partial charge in [-0.05, 0) is 41.6 Å². The van der Waals surface area contributed by atoms with Crippen LogP contribution in [-0.4, -0.2) is 11.8 Å². The molecular formula is C16H18N2O2S. The molecule has 0 saturated heterocycles. The molecule has 0 bridgehead atoms. The molecule has 0 radical (unpaired) electrons. The monoisotopic (exact) mass is 302 g/mol. The molecule has 1 aromatic carbocycles. The van der Waals surface area contributed by atoms with Crippen molar-refractivity contribution in [2.24, 2.45) is 5.92 Å². The predicted octanol–water partition coefficient (Wildman–Crippen LogP) is 3.99. The number of anilines is 2. The predicted molar refractivity (Wildman–Crippen MR) is 86.8 cm³/mol. The van der Waals surface area contributed by atoms with Crippen LogP contribution in [0.4, 0.5) is 11.4 Å². The highest BCUT2D eigenvalue weighted by Crippen LogP contribution is 2.16. The summed E-state index contributed by atoms with van der Waals surface area (Å²) in [5.74, 6) is 0.205. The van der Waals surface area contributed by atoms with E-state index in [1.807, 2.05) is 25.3 Å². The third kappa shape index (κ3) is 4.72. The van der Waals surface area contributed by atoms with Crippen LogP contribution >= 0.6 is 11.3 Å². The maximum absolute atomic E-state index is 11.9. The SMILES string of the molecule is CC(C)CC(=O)Nc1ccc(NC(=O)c2cccs2)cc1. The molecule has 0 saturated carbocycles. The van der Waals surface area contributed by atoms with Crippen LogP contribution in [0.3, 0.4) is 0 Å². The van der Waals surface area contributed by atoms with Crippen LogP contribution in [-0.2, 0) is 4.79 Å². The van der Waals surface area contributed by atoms with Gasteiger partial charge < -0.3 is 10.6 Å². The lowest BCUT2D eigenvalue weighted by molar-refractivity contribution is -0.116. The Morgan fingerprint density at radius 3 is 2.19 bits per heavy atom. The Kier molecular flexibility index (Phi) is 5.11. The zero-order chi connectivity index (χ0) is 15.2. The minimum Gasteiger partial charge on any atom is -0.326 e. The first kappa shape index (κ1) is 15.3. The number of nitrogens with one attached hydrogen (secondary N) is 2. The number of hydrogen-bond acceptors (Lipinski definition) is 3. The van der Waals surface area contributed by atoms with E-state index in [9.17, 15) is 9.59 Å². The summed E-state index contributed by atoms with van der Waals surface area (Å²) in [5, 5.41) is 7.51. The molecule has 4 nitrogen and oxygen atoms in total. The van der Waals surface area contributed by atoms with Gasteiger partial charge in [-0.25, -0.2) is 0 Å². The van der Waals surface area contributed by atoms with E-state index < -0.39 is 0 Å². The second-order valence-corrected chi connectivity index (χ2v) is 6.10. The molecule has 2 aromatic rings. The van der Waals surface area contributed by atoms with Crippen molar-refractivity contribution in [2.75, 3.05) is 10.6 Å². The Bertz CT molecular complexity index is 604. The second-order valence-electron chi connectivity index (χ2n) is 5.15. The van der Waals surface area contributed by atoms with E-state index in [-0.39, 0.29) is 11.8 Å². The summed E-state index contributed by atoms with van der Waals surface area (Å²) in [6, 6.07) is 10.7. The molecule has 1 aromatic heterocycles. The minimum atomic E-state index is -0.124. The van der Waals surface area contributed by atoms with Gasteiger partial charge in [0, 0.05) is 17.8 Å². The highest BCUT2D eigenvalue weighted by Gasteiger charge is 2.08. The van der Waals surface area contributed by atoms with Crippen molar-refractivity contribution in [1.29, 1.82) is 0 Å². The molecule has 0 atom stereocenters. The van der Waals surface area contributed by atoms with Crippen LogP contribution in [0.1, 0.15) is 29.9 Å². The molecule has 0 aliphatic carbocycles. The number of thiophene rings is 1. The lowest BCUT2D eigenvalue weighted by Crippen LogP contribution is -2.14. The molecule has 5 heteroatoms. The van der Waals surface area contributed by atoms with Gasteiger partial charge in [0.15, 0.2) is 0 Å². The number of hydrogen-bond donors (Lipinski definition) is 2. The van der Waals surface area contributed by atoms with E-state index in [1.165, 1.54) is 11.3 Å². The Labute approximate surface area is 128 Å². The van der Waals surface area contributed by atoms with Crippen LogP contribution in [0.2, 0.25) is 0 Å². The fourth-order valence-electron chi connectivity index (χ4n) is 1.82. The van der Waals surface area contributed by atoms with Crippen LogP contribution < -0.4 is 10.6 Å². The van der Waals surface area contributed by atoms with Gasteiger partial charge in [-0.1, -0.05) is 19.9 Å². The minimum absolute atomic E-state index is 0.000344. The Morgan fingerprint density at radius 1 is 1.05 bits per heavy atom. The van der Waals surface area contributed by atoms with Crippen LogP contribution in [0.5, 0.6) is 0 Å². The topological polar surface area (TPSA) is 58.2 Å². The highest BCUT2D eigenvalue weighted by atomic mass is 32.1. The quantitative estimate of drug-likeness (QED) is 0.877. The van der Waals surface area contributed by atoms with Crippen molar-refractivity contribution in [3.8, 4) is 0 Å². The fourth-order valence-corrected chi connectivity index (χ4v) is 2.44. The smallest absolute Gasteiger partial charge is 0.265 e. The third-order valence-corrected chi connectivity index (χ3v) is 3.63. The zero-order valence-corrected chi connectivity index (χ0v) is 12.9. The normalized spacial score (nSPS) is 10.4.